The van der Waals surface area contributed by atoms with E-state index in [-0.39, 0.29) is 23.7 Å². The van der Waals surface area contributed by atoms with E-state index in [1.54, 1.807) is 30.9 Å². The number of amides is 2. The van der Waals surface area contributed by atoms with Crippen molar-refractivity contribution in [3.8, 4) is 0 Å². The minimum atomic E-state index is -1.24. The van der Waals surface area contributed by atoms with E-state index in [9.17, 15) is 18.8 Å². The molecule has 2 atom stereocenters. The van der Waals surface area contributed by atoms with Crippen LogP contribution >= 0.6 is 11.8 Å². The molecule has 0 radical (unpaired) electrons. The molecule has 0 bridgehead atoms. The van der Waals surface area contributed by atoms with Crippen molar-refractivity contribution in [3.63, 3.8) is 0 Å². The highest BCUT2D eigenvalue weighted by Crippen LogP contribution is 2.57. The second-order valence-electron chi connectivity index (χ2n) is 9.09. The molecule has 2 fully saturated rings. The monoisotopic (exact) mass is 497 g/mol. The average molecular weight is 498 g/mol. The zero-order valence-electron chi connectivity index (χ0n) is 19.8. The number of likely N-dealkylation sites (tertiary alicyclic amines) is 1. The van der Waals surface area contributed by atoms with E-state index in [1.165, 1.54) is 28.8 Å². The Hall–Kier alpha value is -2.91. The Morgan fingerprint density at radius 2 is 1.80 bits per heavy atom. The molecular formula is C26H28FN3O4S. The summed E-state index contributed by atoms with van der Waals surface area (Å²) >= 11 is 1.33. The fraction of sp³-hybridized carbons (Fsp3) is 0.423. The minimum absolute atomic E-state index is 0.114. The Labute approximate surface area is 208 Å². The summed E-state index contributed by atoms with van der Waals surface area (Å²) in [5.41, 5.74) is 2.03. The highest BCUT2D eigenvalue weighted by molar-refractivity contribution is 8.03. The van der Waals surface area contributed by atoms with E-state index in [0.717, 1.165) is 11.3 Å². The van der Waals surface area contributed by atoms with Crippen molar-refractivity contribution in [2.45, 2.75) is 36.8 Å². The molecule has 3 aliphatic rings. The Kier molecular flexibility index (Phi) is 6.31. The van der Waals surface area contributed by atoms with Gasteiger partial charge in [0.25, 0.3) is 5.91 Å². The summed E-state index contributed by atoms with van der Waals surface area (Å²) in [6.07, 6.45) is 1.36. The highest BCUT2D eigenvalue weighted by Gasteiger charge is 2.63. The highest BCUT2D eigenvalue weighted by atomic mass is 32.2. The Morgan fingerprint density at radius 3 is 2.49 bits per heavy atom. The van der Waals surface area contributed by atoms with Crippen molar-refractivity contribution in [1.82, 2.24) is 4.90 Å². The number of rotatable bonds is 5. The van der Waals surface area contributed by atoms with Gasteiger partial charge in [0.15, 0.2) is 0 Å². The van der Waals surface area contributed by atoms with Crippen LogP contribution in [0.15, 0.2) is 48.5 Å². The SMILES string of the molecule is CCOC(=O)C1CCN(CN2C(=O)[C@@]3(S[C@@H](C)C(=O)N3c3ccc(F)cc3)c3ccccc32)CC1. The second-order valence-corrected chi connectivity index (χ2v) is 10.6. The van der Waals surface area contributed by atoms with Crippen LogP contribution in [0.4, 0.5) is 15.8 Å². The first-order valence-corrected chi connectivity index (χ1v) is 12.8. The average Bonchev–Trinajstić information content (AvgIpc) is 3.26. The molecule has 2 aromatic carbocycles. The molecular weight excluding hydrogens is 469 g/mol. The number of ether oxygens (including phenoxy) is 1. The number of hydrogen-bond acceptors (Lipinski definition) is 6. The maximum Gasteiger partial charge on any atom is 0.309 e. The molecule has 2 saturated heterocycles. The third-order valence-electron chi connectivity index (χ3n) is 6.96. The van der Waals surface area contributed by atoms with Crippen molar-refractivity contribution in [2.24, 2.45) is 5.92 Å². The Bertz CT molecular complexity index is 1150. The number of anilines is 2. The van der Waals surface area contributed by atoms with Crippen molar-refractivity contribution in [1.29, 1.82) is 0 Å². The van der Waals surface area contributed by atoms with Crippen molar-refractivity contribution < 1.29 is 23.5 Å². The fourth-order valence-electron chi connectivity index (χ4n) is 5.24. The number of piperidine rings is 1. The lowest BCUT2D eigenvalue weighted by molar-refractivity contribution is -0.149. The van der Waals surface area contributed by atoms with Gasteiger partial charge in [-0.05, 0) is 57.0 Å². The van der Waals surface area contributed by atoms with Crippen molar-refractivity contribution >= 4 is 40.9 Å². The number of para-hydroxylation sites is 1. The zero-order valence-corrected chi connectivity index (χ0v) is 20.6. The topological polar surface area (TPSA) is 70.2 Å². The number of fused-ring (bicyclic) bond motifs is 2. The van der Waals surface area contributed by atoms with Crippen LogP contribution in [0.2, 0.25) is 0 Å². The van der Waals surface area contributed by atoms with Gasteiger partial charge in [-0.2, -0.15) is 0 Å². The van der Waals surface area contributed by atoms with Gasteiger partial charge in [-0.3, -0.25) is 29.1 Å². The molecule has 3 heterocycles. The lowest BCUT2D eigenvalue weighted by atomic mass is 9.97. The maximum absolute atomic E-state index is 14.2. The molecule has 0 unspecified atom stereocenters. The molecule has 35 heavy (non-hydrogen) atoms. The summed E-state index contributed by atoms with van der Waals surface area (Å²) in [6.45, 7) is 5.70. The number of esters is 1. The molecule has 0 saturated carbocycles. The van der Waals surface area contributed by atoms with Gasteiger partial charge < -0.3 is 4.74 Å². The van der Waals surface area contributed by atoms with E-state index < -0.39 is 15.9 Å². The summed E-state index contributed by atoms with van der Waals surface area (Å²) in [6, 6.07) is 13.3. The molecule has 184 valence electrons. The standard InChI is InChI=1S/C26H28FN3O4S/c1-3-34-24(32)18-12-14-28(15-13-18)16-29-22-7-5-4-6-21(22)26(25(29)33)30(23(31)17(2)35-26)20-10-8-19(27)9-11-20/h4-11,17-18H,3,12-16H2,1-2H3/t17-,26-/m0/s1. The summed E-state index contributed by atoms with van der Waals surface area (Å²) in [4.78, 5) is 43.9. The molecule has 2 aromatic rings. The van der Waals surface area contributed by atoms with Gasteiger partial charge in [-0.1, -0.05) is 18.2 Å². The van der Waals surface area contributed by atoms with Gasteiger partial charge >= 0.3 is 5.97 Å². The first kappa shape index (κ1) is 23.8. The van der Waals surface area contributed by atoms with Crippen LogP contribution in [0.25, 0.3) is 0 Å². The lowest BCUT2D eigenvalue weighted by Crippen LogP contribution is -2.52. The summed E-state index contributed by atoms with van der Waals surface area (Å²) in [5.74, 6) is -1.03. The largest absolute Gasteiger partial charge is 0.466 e. The smallest absolute Gasteiger partial charge is 0.309 e. The summed E-state index contributed by atoms with van der Waals surface area (Å²) in [7, 11) is 0. The molecule has 7 nitrogen and oxygen atoms in total. The first-order chi connectivity index (χ1) is 16.9. The fourth-order valence-corrected chi connectivity index (χ4v) is 6.77. The maximum atomic E-state index is 14.2. The van der Waals surface area contributed by atoms with Crippen LogP contribution in [0, 0.1) is 11.7 Å². The van der Waals surface area contributed by atoms with Crippen LogP contribution < -0.4 is 9.80 Å². The number of thioether (sulfide) groups is 1. The lowest BCUT2D eigenvalue weighted by Gasteiger charge is -2.36. The van der Waals surface area contributed by atoms with Gasteiger partial charge in [-0.15, -0.1) is 11.8 Å². The first-order valence-electron chi connectivity index (χ1n) is 11.9. The van der Waals surface area contributed by atoms with E-state index in [2.05, 4.69) is 4.90 Å². The Morgan fingerprint density at radius 1 is 1.11 bits per heavy atom. The van der Waals surface area contributed by atoms with Crippen LogP contribution in [-0.2, 0) is 24.0 Å². The van der Waals surface area contributed by atoms with E-state index >= 15 is 0 Å². The second kappa shape index (κ2) is 9.28. The Balaban J connectivity index is 1.45. The van der Waals surface area contributed by atoms with E-state index in [0.29, 0.717) is 44.9 Å². The molecule has 2 amide bonds. The minimum Gasteiger partial charge on any atom is -0.466 e. The summed E-state index contributed by atoms with van der Waals surface area (Å²) < 4.78 is 18.8. The van der Waals surface area contributed by atoms with Crippen LogP contribution in [-0.4, -0.2) is 54.3 Å². The molecule has 3 aliphatic heterocycles. The molecule has 0 aliphatic carbocycles. The van der Waals surface area contributed by atoms with Gasteiger partial charge in [0.2, 0.25) is 10.8 Å². The molecule has 5 rings (SSSR count). The summed E-state index contributed by atoms with van der Waals surface area (Å²) in [5, 5.41) is -0.433. The zero-order chi connectivity index (χ0) is 24.7. The van der Waals surface area contributed by atoms with Crippen molar-refractivity contribution in [2.75, 3.05) is 36.2 Å². The number of hydrogen-bond donors (Lipinski definition) is 0. The number of nitrogens with zero attached hydrogens (tertiary/aromatic N) is 3. The number of halogens is 1. The van der Waals surface area contributed by atoms with Gasteiger partial charge in [0.05, 0.1) is 30.1 Å². The van der Waals surface area contributed by atoms with Crippen molar-refractivity contribution in [3.05, 3.63) is 59.9 Å². The van der Waals surface area contributed by atoms with E-state index in [4.69, 9.17) is 4.74 Å². The van der Waals surface area contributed by atoms with Gasteiger partial charge in [0.1, 0.15) is 5.82 Å². The molecule has 9 heteroatoms. The predicted molar refractivity (Wildman–Crippen MR) is 132 cm³/mol. The van der Waals surface area contributed by atoms with Gasteiger partial charge in [0, 0.05) is 24.3 Å². The third-order valence-corrected chi connectivity index (χ3v) is 8.43. The quantitative estimate of drug-likeness (QED) is 0.587. The third kappa shape index (κ3) is 3.90. The molecule has 0 N–H and O–H groups in total. The molecule has 1 spiro atoms. The number of benzene rings is 2. The van der Waals surface area contributed by atoms with E-state index in [1.807, 2.05) is 24.3 Å². The number of carbonyl (C=O) groups is 3. The normalized spacial score (nSPS) is 24.9. The number of carbonyl (C=O) groups excluding carboxylic acids is 3. The van der Waals surface area contributed by atoms with Gasteiger partial charge in [-0.25, -0.2) is 4.39 Å². The van der Waals surface area contributed by atoms with Crippen LogP contribution in [0.1, 0.15) is 32.3 Å². The van der Waals surface area contributed by atoms with Crippen LogP contribution in [0.5, 0.6) is 0 Å². The van der Waals surface area contributed by atoms with Crippen LogP contribution in [0.3, 0.4) is 0 Å². The predicted octanol–water partition coefficient (Wildman–Crippen LogP) is 3.73. The molecule has 0 aromatic heterocycles.